The van der Waals surface area contributed by atoms with Gasteiger partial charge in [0.25, 0.3) is 0 Å². The number of hydrogen-bond donors (Lipinski definition) is 1. The number of aliphatic hydroxyl groups excluding tert-OH is 1. The summed E-state index contributed by atoms with van der Waals surface area (Å²) in [6.07, 6.45) is 2.08. The number of benzene rings is 1. The summed E-state index contributed by atoms with van der Waals surface area (Å²) in [5.41, 5.74) is 2.33. The summed E-state index contributed by atoms with van der Waals surface area (Å²) in [6, 6.07) is 8.30. The lowest BCUT2D eigenvalue weighted by atomic mass is 9.99. The second-order valence-electron chi connectivity index (χ2n) is 4.92. The first-order chi connectivity index (χ1) is 8.79. The molecule has 1 aromatic carbocycles. The molecule has 0 saturated carbocycles. The molecule has 3 rings (SSSR count). The van der Waals surface area contributed by atoms with Crippen molar-refractivity contribution in [2.45, 2.75) is 32.2 Å². The molecule has 1 aromatic heterocycles. The maximum atomic E-state index is 9.38. The van der Waals surface area contributed by atoms with Gasteiger partial charge in [0.05, 0.1) is 6.61 Å². The van der Waals surface area contributed by atoms with E-state index < -0.39 is 0 Å². The van der Waals surface area contributed by atoms with Crippen LogP contribution in [0, 0.1) is 6.92 Å². The third kappa shape index (κ3) is 1.82. The predicted molar refractivity (Wildman–Crippen MR) is 69.3 cm³/mol. The lowest BCUT2D eigenvalue weighted by Gasteiger charge is -2.21. The number of fused-ring (bicyclic) bond motifs is 1. The second-order valence-corrected chi connectivity index (χ2v) is 4.92. The van der Waals surface area contributed by atoms with Crippen molar-refractivity contribution in [1.29, 1.82) is 0 Å². The van der Waals surface area contributed by atoms with E-state index in [1.165, 1.54) is 5.56 Å². The summed E-state index contributed by atoms with van der Waals surface area (Å²) in [4.78, 5) is 0. The molecular formula is C14H17N3O. The highest BCUT2D eigenvalue weighted by Gasteiger charge is 2.24. The van der Waals surface area contributed by atoms with Crippen LogP contribution in [-0.2, 0) is 6.54 Å². The highest BCUT2D eigenvalue weighted by molar-refractivity contribution is 5.56. The summed E-state index contributed by atoms with van der Waals surface area (Å²) in [7, 11) is 0. The summed E-state index contributed by atoms with van der Waals surface area (Å²) in [5, 5.41) is 18.0. The normalized spacial score (nSPS) is 18.7. The fraction of sp³-hybridized carbons (Fsp3) is 0.429. The predicted octanol–water partition coefficient (Wildman–Crippen LogP) is 2.12. The van der Waals surface area contributed by atoms with E-state index >= 15 is 0 Å². The average Bonchev–Trinajstić information content (AvgIpc) is 2.82. The molecule has 0 aliphatic carbocycles. The lowest BCUT2D eigenvalue weighted by Crippen LogP contribution is -2.19. The molecule has 1 atom stereocenters. The summed E-state index contributed by atoms with van der Waals surface area (Å²) < 4.78 is 2.15. The molecule has 2 heterocycles. The van der Waals surface area contributed by atoms with Gasteiger partial charge in [-0.3, -0.25) is 0 Å². The minimum absolute atomic E-state index is 0.143. The van der Waals surface area contributed by atoms with Crippen LogP contribution in [0.5, 0.6) is 0 Å². The minimum Gasteiger partial charge on any atom is -0.396 e. The van der Waals surface area contributed by atoms with Gasteiger partial charge >= 0.3 is 0 Å². The Labute approximate surface area is 106 Å². The van der Waals surface area contributed by atoms with E-state index in [0.717, 1.165) is 36.6 Å². The van der Waals surface area contributed by atoms with Crippen molar-refractivity contribution in [3.63, 3.8) is 0 Å². The molecule has 1 aliphatic rings. The van der Waals surface area contributed by atoms with Crippen molar-refractivity contribution >= 4 is 0 Å². The van der Waals surface area contributed by atoms with Crippen molar-refractivity contribution in [3.05, 3.63) is 35.7 Å². The number of aryl methyl sites for hydroxylation is 1. The van der Waals surface area contributed by atoms with Crippen LogP contribution in [0.15, 0.2) is 24.3 Å². The minimum atomic E-state index is 0.143. The Kier molecular flexibility index (Phi) is 2.88. The van der Waals surface area contributed by atoms with Gasteiger partial charge < -0.3 is 9.67 Å². The van der Waals surface area contributed by atoms with Crippen LogP contribution >= 0.6 is 0 Å². The molecule has 0 radical (unpaired) electrons. The summed E-state index contributed by atoms with van der Waals surface area (Å²) in [5.74, 6) is 2.00. The van der Waals surface area contributed by atoms with E-state index in [4.69, 9.17) is 0 Å². The van der Waals surface area contributed by atoms with E-state index in [0.29, 0.717) is 0 Å². The van der Waals surface area contributed by atoms with Gasteiger partial charge in [0.2, 0.25) is 0 Å². The third-order valence-electron chi connectivity index (χ3n) is 3.58. The SMILES string of the molecule is Cc1cccc(-c2nnc3n2CCCC3CO)c1. The topological polar surface area (TPSA) is 50.9 Å². The largest absolute Gasteiger partial charge is 0.396 e. The van der Waals surface area contributed by atoms with Crippen molar-refractivity contribution in [3.8, 4) is 11.4 Å². The first kappa shape index (κ1) is 11.4. The number of hydrogen-bond acceptors (Lipinski definition) is 3. The van der Waals surface area contributed by atoms with E-state index in [-0.39, 0.29) is 12.5 Å². The number of nitrogens with zero attached hydrogens (tertiary/aromatic N) is 3. The Morgan fingerprint density at radius 2 is 2.28 bits per heavy atom. The van der Waals surface area contributed by atoms with Gasteiger partial charge in [-0.1, -0.05) is 23.8 Å². The van der Waals surface area contributed by atoms with Crippen LogP contribution in [0.3, 0.4) is 0 Å². The molecule has 1 aliphatic heterocycles. The molecule has 4 heteroatoms. The van der Waals surface area contributed by atoms with Gasteiger partial charge in [-0.15, -0.1) is 10.2 Å². The molecule has 18 heavy (non-hydrogen) atoms. The zero-order valence-corrected chi connectivity index (χ0v) is 10.5. The highest BCUT2D eigenvalue weighted by Crippen LogP contribution is 2.29. The van der Waals surface area contributed by atoms with E-state index in [1.807, 2.05) is 6.07 Å². The Morgan fingerprint density at radius 3 is 3.06 bits per heavy atom. The quantitative estimate of drug-likeness (QED) is 0.879. The first-order valence-corrected chi connectivity index (χ1v) is 6.40. The van der Waals surface area contributed by atoms with E-state index in [1.54, 1.807) is 0 Å². The molecule has 0 spiro atoms. The summed E-state index contributed by atoms with van der Waals surface area (Å²) >= 11 is 0. The average molecular weight is 243 g/mol. The Morgan fingerprint density at radius 1 is 1.39 bits per heavy atom. The van der Waals surface area contributed by atoms with Crippen LogP contribution in [-0.4, -0.2) is 26.5 Å². The molecule has 0 saturated heterocycles. The third-order valence-corrected chi connectivity index (χ3v) is 3.58. The Bertz CT molecular complexity index is 562. The number of rotatable bonds is 2. The maximum Gasteiger partial charge on any atom is 0.163 e. The van der Waals surface area contributed by atoms with Gasteiger partial charge in [0.15, 0.2) is 5.82 Å². The van der Waals surface area contributed by atoms with Crippen LogP contribution in [0.2, 0.25) is 0 Å². The maximum absolute atomic E-state index is 9.38. The van der Waals surface area contributed by atoms with E-state index in [2.05, 4.69) is 39.9 Å². The molecular weight excluding hydrogens is 226 g/mol. The van der Waals surface area contributed by atoms with Crippen molar-refractivity contribution in [1.82, 2.24) is 14.8 Å². The molecule has 0 fully saturated rings. The lowest BCUT2D eigenvalue weighted by molar-refractivity contribution is 0.238. The molecule has 0 bridgehead atoms. The molecule has 0 amide bonds. The van der Waals surface area contributed by atoms with Crippen molar-refractivity contribution in [2.24, 2.45) is 0 Å². The van der Waals surface area contributed by atoms with Crippen LogP contribution in [0.4, 0.5) is 0 Å². The zero-order valence-electron chi connectivity index (χ0n) is 10.5. The van der Waals surface area contributed by atoms with Gasteiger partial charge in [-0.05, 0) is 25.8 Å². The highest BCUT2D eigenvalue weighted by atomic mass is 16.3. The second kappa shape index (κ2) is 4.53. The Balaban J connectivity index is 2.07. The fourth-order valence-corrected chi connectivity index (χ4v) is 2.63. The summed E-state index contributed by atoms with van der Waals surface area (Å²) in [6.45, 7) is 3.18. The molecule has 1 unspecified atom stereocenters. The molecule has 1 N–H and O–H groups in total. The zero-order chi connectivity index (χ0) is 12.5. The van der Waals surface area contributed by atoms with Gasteiger partial charge in [-0.25, -0.2) is 0 Å². The van der Waals surface area contributed by atoms with E-state index in [9.17, 15) is 5.11 Å². The molecule has 94 valence electrons. The first-order valence-electron chi connectivity index (χ1n) is 6.40. The van der Waals surface area contributed by atoms with Crippen molar-refractivity contribution in [2.75, 3.05) is 6.61 Å². The molecule has 2 aromatic rings. The van der Waals surface area contributed by atoms with Gasteiger partial charge in [-0.2, -0.15) is 0 Å². The fourth-order valence-electron chi connectivity index (χ4n) is 2.63. The number of aliphatic hydroxyl groups is 1. The Hall–Kier alpha value is -1.68. The molecule has 4 nitrogen and oxygen atoms in total. The monoisotopic (exact) mass is 243 g/mol. The smallest absolute Gasteiger partial charge is 0.163 e. The van der Waals surface area contributed by atoms with Crippen LogP contribution in [0.25, 0.3) is 11.4 Å². The number of aromatic nitrogens is 3. The van der Waals surface area contributed by atoms with Gasteiger partial charge in [0.1, 0.15) is 5.82 Å². The standard InChI is InChI=1S/C14H17N3O/c1-10-4-2-5-11(8-10)13-15-16-14-12(9-18)6-3-7-17(13)14/h2,4-5,8,12,18H,3,6-7,9H2,1H3. The van der Waals surface area contributed by atoms with Gasteiger partial charge in [0, 0.05) is 18.0 Å². The van der Waals surface area contributed by atoms with Crippen LogP contribution < -0.4 is 0 Å². The van der Waals surface area contributed by atoms with Crippen molar-refractivity contribution < 1.29 is 5.11 Å². The van der Waals surface area contributed by atoms with Crippen LogP contribution in [0.1, 0.15) is 30.1 Å².